The first-order valence-corrected chi connectivity index (χ1v) is 5.61. The smallest absolute Gasteiger partial charge is 0.260 e. The van der Waals surface area contributed by atoms with Crippen LogP contribution in [0.1, 0.15) is 31.4 Å². The summed E-state index contributed by atoms with van der Waals surface area (Å²) in [5, 5.41) is 2.93. The van der Waals surface area contributed by atoms with Crippen LogP contribution in [0, 0.1) is 6.92 Å². The van der Waals surface area contributed by atoms with Crippen molar-refractivity contribution in [3.05, 3.63) is 35.4 Å². The summed E-state index contributed by atoms with van der Waals surface area (Å²) in [6.45, 7) is 6.06. The molecule has 0 radical (unpaired) electrons. The van der Waals surface area contributed by atoms with Gasteiger partial charge in [-0.1, -0.05) is 36.8 Å². The zero-order valence-corrected chi connectivity index (χ0v) is 10.1. The summed E-state index contributed by atoms with van der Waals surface area (Å²) in [7, 11) is 0. The van der Waals surface area contributed by atoms with Crippen molar-refractivity contribution in [1.82, 2.24) is 5.32 Å². The van der Waals surface area contributed by atoms with Crippen LogP contribution in [-0.2, 0) is 5.54 Å². The number of benzene rings is 1. The van der Waals surface area contributed by atoms with Crippen molar-refractivity contribution < 1.29 is 8.78 Å². The SMILES string of the molecule is CCCNC(C)(c1ccc(C)cc1)C(F)F. The molecular formula is C13H19F2N. The summed E-state index contributed by atoms with van der Waals surface area (Å²) in [5.41, 5.74) is 0.474. The molecule has 1 unspecified atom stereocenters. The molecule has 16 heavy (non-hydrogen) atoms. The largest absolute Gasteiger partial charge is 0.303 e. The molecule has 1 aromatic rings. The molecule has 1 atom stereocenters. The average Bonchev–Trinajstić information content (AvgIpc) is 2.26. The van der Waals surface area contributed by atoms with Gasteiger partial charge in [-0.15, -0.1) is 0 Å². The minimum atomic E-state index is -2.42. The lowest BCUT2D eigenvalue weighted by atomic mass is 9.91. The molecule has 0 aliphatic carbocycles. The lowest BCUT2D eigenvalue weighted by molar-refractivity contribution is 0.0385. The topological polar surface area (TPSA) is 12.0 Å². The molecule has 0 bridgehead atoms. The number of alkyl halides is 2. The molecule has 1 rings (SSSR count). The minimum absolute atomic E-state index is 0.592. The highest BCUT2D eigenvalue weighted by Gasteiger charge is 2.35. The Bertz CT molecular complexity index is 321. The number of hydrogen-bond acceptors (Lipinski definition) is 1. The van der Waals surface area contributed by atoms with E-state index in [0.717, 1.165) is 12.0 Å². The maximum Gasteiger partial charge on any atom is 0.260 e. The standard InChI is InChI=1S/C13H19F2N/c1-4-9-16-13(3,12(14)15)11-7-5-10(2)6-8-11/h5-8,12,16H,4,9H2,1-3H3. The van der Waals surface area contributed by atoms with Gasteiger partial charge in [-0.2, -0.15) is 0 Å². The van der Waals surface area contributed by atoms with E-state index >= 15 is 0 Å². The Morgan fingerprint density at radius 1 is 1.25 bits per heavy atom. The third-order valence-electron chi connectivity index (χ3n) is 2.83. The fourth-order valence-electron chi connectivity index (χ4n) is 1.59. The summed E-state index contributed by atoms with van der Waals surface area (Å²) in [4.78, 5) is 0. The van der Waals surface area contributed by atoms with Gasteiger partial charge < -0.3 is 5.32 Å². The normalized spacial score (nSPS) is 15.1. The summed E-state index contributed by atoms with van der Waals surface area (Å²) in [6.07, 6.45) is -1.57. The van der Waals surface area contributed by atoms with Crippen molar-refractivity contribution in [1.29, 1.82) is 0 Å². The highest BCUT2D eigenvalue weighted by Crippen LogP contribution is 2.28. The van der Waals surface area contributed by atoms with Crippen molar-refractivity contribution in [2.75, 3.05) is 6.54 Å². The molecule has 0 fully saturated rings. The Labute approximate surface area is 95.9 Å². The second-order valence-electron chi connectivity index (χ2n) is 4.30. The molecule has 3 heteroatoms. The van der Waals surface area contributed by atoms with Crippen molar-refractivity contribution >= 4 is 0 Å². The first-order valence-electron chi connectivity index (χ1n) is 5.61. The third-order valence-corrected chi connectivity index (χ3v) is 2.83. The van der Waals surface area contributed by atoms with Crippen molar-refractivity contribution in [2.24, 2.45) is 0 Å². The van der Waals surface area contributed by atoms with Crippen LogP contribution < -0.4 is 5.32 Å². The van der Waals surface area contributed by atoms with Gasteiger partial charge >= 0.3 is 0 Å². The van der Waals surface area contributed by atoms with E-state index in [0.29, 0.717) is 12.1 Å². The van der Waals surface area contributed by atoms with Crippen molar-refractivity contribution in [3.8, 4) is 0 Å². The lowest BCUT2D eigenvalue weighted by Gasteiger charge is -2.30. The van der Waals surface area contributed by atoms with Gasteiger partial charge in [0.05, 0.1) is 0 Å². The van der Waals surface area contributed by atoms with Crippen molar-refractivity contribution in [3.63, 3.8) is 0 Å². The third kappa shape index (κ3) is 2.79. The quantitative estimate of drug-likeness (QED) is 0.812. The molecule has 0 saturated heterocycles. The fourth-order valence-corrected chi connectivity index (χ4v) is 1.59. The summed E-state index contributed by atoms with van der Waals surface area (Å²) in [6, 6.07) is 7.27. The van der Waals surface area contributed by atoms with Gasteiger partial charge in [0.1, 0.15) is 5.54 Å². The van der Waals surface area contributed by atoms with Crippen molar-refractivity contribution in [2.45, 2.75) is 39.2 Å². The van der Waals surface area contributed by atoms with Gasteiger partial charge in [0.15, 0.2) is 0 Å². The fraction of sp³-hybridized carbons (Fsp3) is 0.538. The first-order chi connectivity index (χ1) is 7.50. The molecule has 0 spiro atoms. The van der Waals surface area contributed by atoms with Crippen LogP contribution in [0.4, 0.5) is 8.78 Å². The number of halogens is 2. The molecule has 1 N–H and O–H groups in total. The first kappa shape index (κ1) is 13.1. The zero-order valence-electron chi connectivity index (χ0n) is 10.1. The molecule has 0 heterocycles. The summed E-state index contributed by atoms with van der Waals surface area (Å²) >= 11 is 0. The van der Waals surface area contributed by atoms with Gasteiger partial charge in [-0.05, 0) is 32.4 Å². The van der Waals surface area contributed by atoms with Crippen LogP contribution in [0.25, 0.3) is 0 Å². The van der Waals surface area contributed by atoms with E-state index in [4.69, 9.17) is 0 Å². The Morgan fingerprint density at radius 2 is 1.81 bits per heavy atom. The molecule has 0 amide bonds. The summed E-state index contributed by atoms with van der Waals surface area (Å²) < 4.78 is 26.3. The van der Waals surface area contributed by atoms with E-state index < -0.39 is 12.0 Å². The maximum atomic E-state index is 13.1. The number of aryl methyl sites for hydroxylation is 1. The number of rotatable bonds is 5. The highest BCUT2D eigenvalue weighted by molar-refractivity contribution is 5.28. The molecule has 0 aliphatic heterocycles. The second-order valence-corrected chi connectivity index (χ2v) is 4.30. The molecule has 0 aliphatic rings. The molecule has 90 valence electrons. The Balaban J connectivity index is 2.96. The van der Waals surface area contributed by atoms with Gasteiger partial charge in [0.2, 0.25) is 0 Å². The lowest BCUT2D eigenvalue weighted by Crippen LogP contribution is -2.46. The predicted molar refractivity (Wildman–Crippen MR) is 62.8 cm³/mol. The van der Waals surface area contributed by atoms with Crippen LogP contribution in [0.5, 0.6) is 0 Å². The zero-order chi connectivity index (χ0) is 12.2. The predicted octanol–water partition coefficient (Wildman–Crippen LogP) is 3.47. The Morgan fingerprint density at radius 3 is 2.25 bits per heavy atom. The second kappa shape index (κ2) is 5.39. The van der Waals surface area contributed by atoms with Gasteiger partial charge in [0, 0.05) is 0 Å². The minimum Gasteiger partial charge on any atom is -0.303 e. The molecular weight excluding hydrogens is 208 g/mol. The van der Waals surface area contributed by atoms with Gasteiger partial charge in [-0.25, -0.2) is 8.78 Å². The monoisotopic (exact) mass is 227 g/mol. The van der Waals surface area contributed by atoms with E-state index in [9.17, 15) is 8.78 Å². The van der Waals surface area contributed by atoms with Gasteiger partial charge in [0.25, 0.3) is 6.43 Å². The number of nitrogens with one attached hydrogen (secondary N) is 1. The molecule has 1 aromatic carbocycles. The molecule has 0 saturated carbocycles. The number of hydrogen-bond donors (Lipinski definition) is 1. The van der Waals surface area contributed by atoms with Crippen LogP contribution in [0.15, 0.2) is 24.3 Å². The summed E-state index contributed by atoms with van der Waals surface area (Å²) in [5.74, 6) is 0. The van der Waals surface area contributed by atoms with E-state index in [1.165, 1.54) is 0 Å². The van der Waals surface area contributed by atoms with Crippen LogP contribution >= 0.6 is 0 Å². The Hall–Kier alpha value is -0.960. The van der Waals surface area contributed by atoms with Crippen LogP contribution in [0.3, 0.4) is 0 Å². The average molecular weight is 227 g/mol. The van der Waals surface area contributed by atoms with E-state index in [1.807, 2.05) is 26.0 Å². The Kier molecular flexibility index (Phi) is 4.42. The van der Waals surface area contributed by atoms with Crippen LogP contribution in [0.2, 0.25) is 0 Å². The van der Waals surface area contributed by atoms with Gasteiger partial charge in [-0.3, -0.25) is 0 Å². The van der Waals surface area contributed by atoms with E-state index in [2.05, 4.69) is 5.32 Å². The maximum absolute atomic E-state index is 13.1. The van der Waals surface area contributed by atoms with E-state index in [-0.39, 0.29) is 0 Å². The van der Waals surface area contributed by atoms with E-state index in [1.54, 1.807) is 19.1 Å². The molecule has 0 aromatic heterocycles. The highest BCUT2D eigenvalue weighted by atomic mass is 19.3. The molecule has 1 nitrogen and oxygen atoms in total. The van der Waals surface area contributed by atoms with Crippen LogP contribution in [-0.4, -0.2) is 13.0 Å².